The van der Waals surface area contributed by atoms with Crippen LogP contribution in [-0.4, -0.2) is 18.4 Å². The van der Waals surface area contributed by atoms with Crippen LogP contribution < -0.4 is 0 Å². The van der Waals surface area contributed by atoms with Gasteiger partial charge in [-0.2, -0.15) is 0 Å². The molecule has 1 saturated heterocycles. The summed E-state index contributed by atoms with van der Waals surface area (Å²) in [6, 6.07) is 0. The molecule has 1 rings (SSSR count). The zero-order chi connectivity index (χ0) is 8.27. The molecule has 0 spiro atoms. The summed E-state index contributed by atoms with van der Waals surface area (Å²) in [6.07, 6.45) is 2.65. The van der Waals surface area contributed by atoms with Crippen molar-refractivity contribution in [3.63, 3.8) is 0 Å². The summed E-state index contributed by atoms with van der Waals surface area (Å²) in [5, 5.41) is 0. The summed E-state index contributed by atoms with van der Waals surface area (Å²) < 4.78 is 9.48. The molecule has 3 heteroatoms. The molecule has 0 bridgehead atoms. The first kappa shape index (κ1) is 7.85. The molecule has 1 heterocycles. The summed E-state index contributed by atoms with van der Waals surface area (Å²) in [5.41, 5.74) is 0. The van der Waals surface area contributed by atoms with Gasteiger partial charge in [-0.15, -0.1) is 0 Å². The Balaban J connectivity index is 2.56. The molecule has 1 aliphatic rings. The molecule has 0 aromatic carbocycles. The highest BCUT2D eigenvalue weighted by Crippen LogP contribution is 2.15. The standard InChI is InChI=1S/C8H10O3/c1-3-6-5-7(4-2)11-8(9)10-6/h3-4,6-7H,1-2,5H2. The zero-order valence-corrected chi connectivity index (χ0v) is 6.16. The summed E-state index contributed by atoms with van der Waals surface area (Å²) in [5.74, 6) is 0. The second-order valence-corrected chi connectivity index (χ2v) is 2.27. The molecule has 0 saturated carbocycles. The normalized spacial score (nSPS) is 30.0. The monoisotopic (exact) mass is 154 g/mol. The SMILES string of the molecule is C=CC1CC(C=C)OC(=O)O1. The zero-order valence-electron chi connectivity index (χ0n) is 6.16. The maximum atomic E-state index is 10.7. The molecule has 0 aromatic rings. The van der Waals surface area contributed by atoms with E-state index < -0.39 is 6.16 Å². The van der Waals surface area contributed by atoms with Crippen LogP contribution in [0.3, 0.4) is 0 Å². The Labute approximate surface area is 65.3 Å². The third kappa shape index (κ3) is 1.83. The van der Waals surface area contributed by atoms with Crippen LogP contribution in [0.4, 0.5) is 4.79 Å². The quantitative estimate of drug-likeness (QED) is 0.448. The van der Waals surface area contributed by atoms with E-state index in [1.165, 1.54) is 0 Å². The van der Waals surface area contributed by atoms with Crippen molar-refractivity contribution in [3.05, 3.63) is 25.3 Å². The lowest BCUT2D eigenvalue weighted by Gasteiger charge is -2.24. The van der Waals surface area contributed by atoms with Crippen molar-refractivity contribution in [3.8, 4) is 0 Å². The first-order valence-corrected chi connectivity index (χ1v) is 3.38. The third-order valence-electron chi connectivity index (χ3n) is 1.49. The topological polar surface area (TPSA) is 35.5 Å². The molecule has 1 aliphatic heterocycles. The highest BCUT2D eigenvalue weighted by atomic mass is 16.7. The van der Waals surface area contributed by atoms with Crippen molar-refractivity contribution in [1.29, 1.82) is 0 Å². The molecule has 1 fully saturated rings. The van der Waals surface area contributed by atoms with Gasteiger partial charge in [-0.3, -0.25) is 0 Å². The molecular formula is C8H10O3. The van der Waals surface area contributed by atoms with Crippen LogP contribution in [-0.2, 0) is 9.47 Å². The van der Waals surface area contributed by atoms with E-state index in [0.29, 0.717) is 6.42 Å². The van der Waals surface area contributed by atoms with Crippen LogP contribution in [0.2, 0.25) is 0 Å². The second kappa shape index (κ2) is 3.23. The van der Waals surface area contributed by atoms with Crippen molar-refractivity contribution in [2.45, 2.75) is 18.6 Å². The van der Waals surface area contributed by atoms with Crippen LogP contribution >= 0.6 is 0 Å². The van der Waals surface area contributed by atoms with Crippen molar-refractivity contribution in [2.75, 3.05) is 0 Å². The van der Waals surface area contributed by atoms with E-state index >= 15 is 0 Å². The number of hydrogen-bond acceptors (Lipinski definition) is 3. The van der Waals surface area contributed by atoms with Crippen molar-refractivity contribution < 1.29 is 14.3 Å². The highest BCUT2D eigenvalue weighted by molar-refractivity contribution is 5.61. The lowest BCUT2D eigenvalue weighted by atomic mass is 10.1. The van der Waals surface area contributed by atoms with E-state index in [1.54, 1.807) is 12.2 Å². The van der Waals surface area contributed by atoms with Crippen LogP contribution in [0.1, 0.15) is 6.42 Å². The lowest BCUT2D eigenvalue weighted by molar-refractivity contribution is -0.0291. The van der Waals surface area contributed by atoms with E-state index in [-0.39, 0.29) is 12.2 Å². The summed E-state index contributed by atoms with van der Waals surface area (Å²) in [4.78, 5) is 10.7. The number of rotatable bonds is 2. The predicted molar refractivity (Wildman–Crippen MR) is 40.2 cm³/mol. The van der Waals surface area contributed by atoms with Gasteiger partial charge in [0, 0.05) is 6.42 Å². The Morgan fingerprint density at radius 2 is 1.73 bits per heavy atom. The first-order chi connectivity index (χ1) is 5.26. The van der Waals surface area contributed by atoms with Crippen LogP contribution in [0, 0.1) is 0 Å². The molecule has 0 N–H and O–H groups in total. The molecule has 0 amide bonds. The van der Waals surface area contributed by atoms with Crippen molar-refractivity contribution in [1.82, 2.24) is 0 Å². The van der Waals surface area contributed by atoms with Gasteiger partial charge in [0.15, 0.2) is 0 Å². The molecular weight excluding hydrogens is 144 g/mol. The number of carbonyl (C=O) groups excluding carboxylic acids is 1. The van der Waals surface area contributed by atoms with Gasteiger partial charge >= 0.3 is 6.16 Å². The first-order valence-electron chi connectivity index (χ1n) is 3.38. The number of hydrogen-bond donors (Lipinski definition) is 0. The highest BCUT2D eigenvalue weighted by Gasteiger charge is 2.25. The molecule has 0 radical (unpaired) electrons. The molecule has 60 valence electrons. The number of ether oxygens (including phenoxy) is 2. The average molecular weight is 154 g/mol. The van der Waals surface area contributed by atoms with Crippen LogP contribution in [0.5, 0.6) is 0 Å². The molecule has 0 aromatic heterocycles. The van der Waals surface area contributed by atoms with Crippen LogP contribution in [0.15, 0.2) is 25.3 Å². The fourth-order valence-electron chi connectivity index (χ4n) is 0.889. The lowest BCUT2D eigenvalue weighted by Crippen LogP contribution is -2.31. The minimum atomic E-state index is -0.647. The third-order valence-corrected chi connectivity index (χ3v) is 1.49. The molecule has 2 unspecified atom stereocenters. The van der Waals surface area contributed by atoms with Gasteiger partial charge < -0.3 is 9.47 Å². The van der Waals surface area contributed by atoms with E-state index in [9.17, 15) is 4.79 Å². The van der Waals surface area contributed by atoms with Crippen molar-refractivity contribution >= 4 is 6.16 Å². The average Bonchev–Trinajstić information content (AvgIpc) is 2.03. The summed E-state index contributed by atoms with van der Waals surface area (Å²) >= 11 is 0. The smallest absolute Gasteiger partial charge is 0.427 e. The van der Waals surface area contributed by atoms with E-state index in [0.717, 1.165) is 0 Å². The van der Waals surface area contributed by atoms with E-state index in [2.05, 4.69) is 13.2 Å². The van der Waals surface area contributed by atoms with E-state index in [1.807, 2.05) is 0 Å². The Hall–Kier alpha value is -1.25. The fourth-order valence-corrected chi connectivity index (χ4v) is 0.889. The van der Waals surface area contributed by atoms with Gasteiger partial charge in [-0.05, 0) is 0 Å². The van der Waals surface area contributed by atoms with Gasteiger partial charge in [0.25, 0.3) is 0 Å². The van der Waals surface area contributed by atoms with E-state index in [4.69, 9.17) is 9.47 Å². The van der Waals surface area contributed by atoms with Gasteiger partial charge in [0.1, 0.15) is 12.2 Å². The van der Waals surface area contributed by atoms with Crippen LogP contribution in [0.25, 0.3) is 0 Å². The fraction of sp³-hybridized carbons (Fsp3) is 0.375. The summed E-state index contributed by atoms with van der Waals surface area (Å²) in [7, 11) is 0. The minimum Gasteiger partial charge on any atom is -0.427 e. The summed E-state index contributed by atoms with van der Waals surface area (Å²) in [6.45, 7) is 7.04. The second-order valence-electron chi connectivity index (χ2n) is 2.27. The largest absolute Gasteiger partial charge is 0.509 e. The Bertz CT molecular complexity index is 168. The predicted octanol–water partition coefficient (Wildman–Crippen LogP) is 1.65. The Kier molecular flexibility index (Phi) is 2.31. The van der Waals surface area contributed by atoms with Crippen molar-refractivity contribution in [2.24, 2.45) is 0 Å². The molecule has 3 nitrogen and oxygen atoms in total. The van der Waals surface area contributed by atoms with Gasteiger partial charge in [-0.1, -0.05) is 25.3 Å². The molecule has 0 aliphatic carbocycles. The van der Waals surface area contributed by atoms with Gasteiger partial charge in [0.2, 0.25) is 0 Å². The Morgan fingerprint density at radius 3 is 2.09 bits per heavy atom. The molecule has 11 heavy (non-hydrogen) atoms. The maximum absolute atomic E-state index is 10.7. The number of carbonyl (C=O) groups is 1. The Morgan fingerprint density at radius 1 is 1.27 bits per heavy atom. The molecule has 2 atom stereocenters. The minimum absolute atomic E-state index is 0.237. The van der Waals surface area contributed by atoms with Gasteiger partial charge in [-0.25, -0.2) is 4.79 Å². The number of cyclic esters (lactones) is 2. The van der Waals surface area contributed by atoms with Gasteiger partial charge in [0.05, 0.1) is 0 Å². The maximum Gasteiger partial charge on any atom is 0.509 e.